The van der Waals surface area contributed by atoms with E-state index < -0.39 is 0 Å². The summed E-state index contributed by atoms with van der Waals surface area (Å²) in [5.41, 5.74) is 1.13. The van der Waals surface area contributed by atoms with Crippen molar-refractivity contribution in [2.75, 3.05) is 6.54 Å². The summed E-state index contributed by atoms with van der Waals surface area (Å²) >= 11 is 5.25. The van der Waals surface area contributed by atoms with Gasteiger partial charge in [0.1, 0.15) is 0 Å². The average Bonchev–Trinajstić information content (AvgIpc) is 2.61. The van der Waals surface area contributed by atoms with Gasteiger partial charge in [0.25, 0.3) is 11.5 Å². The van der Waals surface area contributed by atoms with E-state index in [2.05, 4.69) is 11.9 Å². The summed E-state index contributed by atoms with van der Waals surface area (Å²) in [6.45, 7) is 5.34. The van der Waals surface area contributed by atoms with Gasteiger partial charge in [0.2, 0.25) is 0 Å². The second-order valence-electron chi connectivity index (χ2n) is 6.30. The normalized spacial score (nSPS) is 18.1. The van der Waals surface area contributed by atoms with Crippen LogP contribution in [0.15, 0.2) is 23.0 Å². The van der Waals surface area contributed by atoms with Gasteiger partial charge in [-0.1, -0.05) is 6.92 Å². The monoisotopic (exact) mass is 345 g/mol. The topological polar surface area (TPSA) is 58.1 Å². The fraction of sp³-hybridized carbons (Fsp3) is 0.500. The van der Waals surface area contributed by atoms with Crippen LogP contribution in [-0.2, 0) is 6.54 Å². The number of rotatable bonds is 3. The quantitative estimate of drug-likeness (QED) is 0.867. The molecule has 0 spiro atoms. The van der Waals surface area contributed by atoms with Gasteiger partial charge in [0, 0.05) is 24.7 Å². The number of amides is 1. The van der Waals surface area contributed by atoms with Crippen molar-refractivity contribution < 1.29 is 4.79 Å². The molecule has 0 bridgehead atoms. The van der Waals surface area contributed by atoms with Crippen LogP contribution in [0.4, 0.5) is 0 Å². The number of H-pyrrole nitrogens is 1. The molecule has 5 nitrogen and oxygen atoms in total. The van der Waals surface area contributed by atoms with Gasteiger partial charge < -0.3 is 9.88 Å². The van der Waals surface area contributed by atoms with E-state index in [1.165, 1.54) is 11.0 Å². The van der Waals surface area contributed by atoms with Crippen molar-refractivity contribution in [3.05, 3.63) is 38.9 Å². The number of piperidine rings is 1. The standard InChI is InChI=1S/C18H23N3O2S/c1-3-13-7-5-6-10-21(13)16(22)12-8-9-14-15(11-12)19-18(24)20(4-2)17(14)23/h8-9,11,13H,3-7,10H2,1-2H3,(H,19,24). The Bertz CT molecular complexity index is 884. The third kappa shape index (κ3) is 2.90. The van der Waals surface area contributed by atoms with Gasteiger partial charge in [-0.15, -0.1) is 0 Å². The highest BCUT2D eigenvalue weighted by molar-refractivity contribution is 7.71. The molecule has 1 atom stereocenters. The summed E-state index contributed by atoms with van der Waals surface area (Å²) in [6, 6.07) is 5.56. The molecule has 128 valence electrons. The number of nitrogens with zero attached hydrogens (tertiary/aromatic N) is 2. The summed E-state index contributed by atoms with van der Waals surface area (Å²) in [7, 11) is 0. The van der Waals surface area contributed by atoms with E-state index in [0.29, 0.717) is 33.8 Å². The predicted octanol–water partition coefficient (Wildman–Crippen LogP) is 3.48. The van der Waals surface area contributed by atoms with Crippen molar-refractivity contribution in [1.29, 1.82) is 0 Å². The van der Waals surface area contributed by atoms with Crippen molar-refractivity contribution in [1.82, 2.24) is 14.5 Å². The van der Waals surface area contributed by atoms with Crippen molar-refractivity contribution in [3.63, 3.8) is 0 Å². The first-order chi connectivity index (χ1) is 11.6. The first kappa shape index (κ1) is 16.9. The van der Waals surface area contributed by atoms with E-state index in [0.717, 1.165) is 25.8 Å². The Hall–Kier alpha value is -1.95. The molecule has 3 rings (SSSR count). The zero-order chi connectivity index (χ0) is 17.3. The van der Waals surface area contributed by atoms with Gasteiger partial charge in [0.15, 0.2) is 4.77 Å². The van der Waals surface area contributed by atoms with Gasteiger partial charge in [-0.2, -0.15) is 0 Å². The van der Waals surface area contributed by atoms with E-state index in [1.54, 1.807) is 18.2 Å². The van der Waals surface area contributed by atoms with Crippen LogP contribution in [0.3, 0.4) is 0 Å². The van der Waals surface area contributed by atoms with Crippen LogP contribution in [0, 0.1) is 4.77 Å². The molecule has 1 aromatic heterocycles. The highest BCUT2D eigenvalue weighted by Crippen LogP contribution is 2.22. The van der Waals surface area contributed by atoms with Crippen LogP contribution in [0.1, 0.15) is 49.9 Å². The number of hydrogen-bond donors (Lipinski definition) is 1. The zero-order valence-corrected chi connectivity index (χ0v) is 15.0. The predicted molar refractivity (Wildman–Crippen MR) is 98.0 cm³/mol. The number of nitrogens with one attached hydrogen (secondary N) is 1. The molecule has 1 fully saturated rings. The zero-order valence-electron chi connectivity index (χ0n) is 14.2. The molecule has 1 aliphatic heterocycles. The molecule has 1 amide bonds. The molecular weight excluding hydrogens is 322 g/mol. The third-order valence-corrected chi connectivity index (χ3v) is 5.23. The average molecular weight is 345 g/mol. The van der Waals surface area contributed by atoms with Crippen molar-refractivity contribution in [3.8, 4) is 0 Å². The first-order valence-corrected chi connectivity index (χ1v) is 9.05. The van der Waals surface area contributed by atoms with E-state index in [-0.39, 0.29) is 11.5 Å². The second-order valence-corrected chi connectivity index (χ2v) is 6.68. The molecule has 1 saturated heterocycles. The first-order valence-electron chi connectivity index (χ1n) is 8.64. The SMILES string of the molecule is CCC1CCCCN1C(=O)c1ccc2c(=O)n(CC)c(=S)[nH]c2c1. The number of benzene rings is 1. The number of fused-ring (bicyclic) bond motifs is 1. The van der Waals surface area contributed by atoms with Crippen LogP contribution < -0.4 is 5.56 Å². The Labute approximate surface area is 146 Å². The number of carbonyl (C=O) groups is 1. The lowest BCUT2D eigenvalue weighted by Gasteiger charge is -2.35. The lowest BCUT2D eigenvalue weighted by Crippen LogP contribution is -2.43. The van der Waals surface area contributed by atoms with E-state index in [4.69, 9.17) is 12.2 Å². The number of hydrogen-bond acceptors (Lipinski definition) is 3. The minimum Gasteiger partial charge on any atom is -0.336 e. The summed E-state index contributed by atoms with van der Waals surface area (Å²) in [6.07, 6.45) is 4.28. The Morgan fingerprint density at radius 2 is 2.12 bits per heavy atom. The van der Waals surface area contributed by atoms with Crippen LogP contribution in [0.5, 0.6) is 0 Å². The maximum absolute atomic E-state index is 12.9. The fourth-order valence-electron chi connectivity index (χ4n) is 3.53. The van der Waals surface area contributed by atoms with Gasteiger partial charge in [0.05, 0.1) is 10.9 Å². The lowest BCUT2D eigenvalue weighted by atomic mass is 9.98. The smallest absolute Gasteiger partial charge is 0.262 e. The minimum atomic E-state index is -0.111. The summed E-state index contributed by atoms with van der Waals surface area (Å²) in [4.78, 5) is 30.4. The molecule has 1 aliphatic rings. The highest BCUT2D eigenvalue weighted by atomic mass is 32.1. The largest absolute Gasteiger partial charge is 0.336 e. The maximum atomic E-state index is 12.9. The summed E-state index contributed by atoms with van der Waals surface area (Å²) in [5.74, 6) is 0.0439. The molecule has 1 unspecified atom stereocenters. The Balaban J connectivity index is 2.03. The Morgan fingerprint density at radius 1 is 1.33 bits per heavy atom. The van der Waals surface area contributed by atoms with Crippen molar-refractivity contribution >= 4 is 29.0 Å². The Morgan fingerprint density at radius 3 is 2.83 bits per heavy atom. The van der Waals surface area contributed by atoms with Gasteiger partial charge in [-0.3, -0.25) is 14.2 Å². The van der Waals surface area contributed by atoms with E-state index in [1.807, 2.05) is 11.8 Å². The molecule has 1 N–H and O–H groups in total. The van der Waals surface area contributed by atoms with Crippen molar-refractivity contribution in [2.45, 2.75) is 52.1 Å². The molecule has 6 heteroatoms. The molecule has 1 aromatic carbocycles. The molecule has 0 aliphatic carbocycles. The molecule has 0 saturated carbocycles. The molecular formula is C18H23N3O2S. The number of carbonyl (C=O) groups excluding carboxylic acids is 1. The summed E-state index contributed by atoms with van der Waals surface area (Å²) in [5, 5.41) is 0.563. The van der Waals surface area contributed by atoms with Crippen LogP contribution in [0.2, 0.25) is 0 Å². The maximum Gasteiger partial charge on any atom is 0.262 e. The van der Waals surface area contributed by atoms with E-state index in [9.17, 15) is 9.59 Å². The second kappa shape index (κ2) is 6.89. The number of aromatic amines is 1. The lowest BCUT2D eigenvalue weighted by molar-refractivity contribution is 0.0608. The molecule has 24 heavy (non-hydrogen) atoms. The van der Waals surface area contributed by atoms with Crippen molar-refractivity contribution in [2.24, 2.45) is 0 Å². The van der Waals surface area contributed by atoms with Gasteiger partial charge >= 0.3 is 0 Å². The van der Waals surface area contributed by atoms with E-state index >= 15 is 0 Å². The fourth-order valence-corrected chi connectivity index (χ4v) is 3.85. The molecule has 2 heterocycles. The van der Waals surface area contributed by atoms with Gasteiger partial charge in [-0.25, -0.2) is 0 Å². The summed E-state index contributed by atoms with van der Waals surface area (Å²) < 4.78 is 1.92. The third-order valence-electron chi connectivity index (χ3n) is 4.90. The van der Waals surface area contributed by atoms with Gasteiger partial charge in [-0.05, 0) is 63.0 Å². The Kier molecular flexibility index (Phi) is 4.85. The van der Waals surface area contributed by atoms with Crippen LogP contribution >= 0.6 is 12.2 Å². The number of likely N-dealkylation sites (tertiary alicyclic amines) is 1. The van der Waals surface area contributed by atoms with Crippen LogP contribution in [0.25, 0.3) is 10.9 Å². The molecule has 0 radical (unpaired) electrons. The van der Waals surface area contributed by atoms with Crippen LogP contribution in [-0.4, -0.2) is 32.9 Å². The minimum absolute atomic E-state index is 0.0439. The number of aromatic nitrogens is 2. The highest BCUT2D eigenvalue weighted by Gasteiger charge is 2.26. The molecule has 2 aromatic rings.